The molecule has 1 heterocycles. The van der Waals surface area contributed by atoms with Crippen LogP contribution in [0.1, 0.15) is 48.9 Å². The summed E-state index contributed by atoms with van der Waals surface area (Å²) < 4.78 is 0. The number of carboxylic acid groups (broad SMARTS) is 1. The lowest BCUT2D eigenvalue weighted by atomic mass is 9.70. The predicted octanol–water partition coefficient (Wildman–Crippen LogP) is 2.10. The Hall–Kier alpha value is -2.37. The second kappa shape index (κ2) is 5.44. The lowest BCUT2D eigenvalue weighted by Crippen LogP contribution is -2.60. The van der Waals surface area contributed by atoms with Gasteiger partial charge in [-0.3, -0.25) is 15.0 Å². The van der Waals surface area contributed by atoms with Crippen LogP contribution in [0.25, 0.3) is 0 Å². The minimum absolute atomic E-state index is 0.0859. The molecule has 1 aliphatic carbocycles. The Morgan fingerprint density at radius 2 is 1.91 bits per heavy atom. The third kappa shape index (κ3) is 2.45. The first-order valence-electron chi connectivity index (χ1n) is 7.49. The molecule has 1 saturated heterocycles. The smallest absolute Gasteiger partial charge is 0.335 e. The highest BCUT2D eigenvalue weighted by Gasteiger charge is 2.48. The first kappa shape index (κ1) is 14.6. The van der Waals surface area contributed by atoms with Crippen molar-refractivity contribution in [3.8, 4) is 0 Å². The Morgan fingerprint density at radius 3 is 2.59 bits per heavy atom. The van der Waals surface area contributed by atoms with Gasteiger partial charge in [0.15, 0.2) is 0 Å². The van der Waals surface area contributed by atoms with Crippen molar-refractivity contribution in [1.29, 1.82) is 0 Å². The molecule has 6 heteroatoms. The van der Waals surface area contributed by atoms with Crippen molar-refractivity contribution in [2.24, 2.45) is 5.41 Å². The van der Waals surface area contributed by atoms with Crippen LogP contribution in [-0.4, -0.2) is 22.9 Å². The second-order valence-corrected chi connectivity index (χ2v) is 6.05. The highest BCUT2D eigenvalue weighted by atomic mass is 16.4. The second-order valence-electron chi connectivity index (χ2n) is 6.05. The molecule has 1 spiro atoms. The average Bonchev–Trinajstić information content (AvgIpc) is 2.52. The first-order chi connectivity index (χ1) is 10.5. The monoisotopic (exact) mass is 302 g/mol. The number of carboxylic acids is 1. The van der Waals surface area contributed by atoms with Gasteiger partial charge in [-0.25, -0.2) is 9.80 Å². The van der Waals surface area contributed by atoms with Crippen LogP contribution in [0.2, 0.25) is 0 Å². The molecule has 6 nitrogen and oxygen atoms in total. The number of aromatic carboxylic acids is 1. The highest BCUT2D eigenvalue weighted by molar-refractivity contribution is 6.05. The Bertz CT molecular complexity index is 635. The SMILES string of the molecule is O=C1CC2(CCCCC2)C(=O)N(c2cccc(C(=O)O)c2)N1. The van der Waals surface area contributed by atoms with Gasteiger partial charge in [0.1, 0.15) is 0 Å². The lowest BCUT2D eigenvalue weighted by Gasteiger charge is -2.43. The predicted molar refractivity (Wildman–Crippen MR) is 79.2 cm³/mol. The maximum atomic E-state index is 12.9. The van der Waals surface area contributed by atoms with Crippen LogP contribution in [0, 0.1) is 5.41 Å². The van der Waals surface area contributed by atoms with E-state index in [1.165, 1.54) is 17.1 Å². The third-order valence-corrected chi connectivity index (χ3v) is 4.55. The molecular formula is C16H18N2O4. The molecule has 2 fully saturated rings. The summed E-state index contributed by atoms with van der Waals surface area (Å²) in [7, 11) is 0. The van der Waals surface area contributed by atoms with Crippen molar-refractivity contribution >= 4 is 23.5 Å². The van der Waals surface area contributed by atoms with Crippen molar-refractivity contribution in [3.05, 3.63) is 29.8 Å². The molecule has 22 heavy (non-hydrogen) atoms. The van der Waals surface area contributed by atoms with Crippen LogP contribution in [0.3, 0.4) is 0 Å². The molecule has 1 saturated carbocycles. The van der Waals surface area contributed by atoms with Gasteiger partial charge in [0, 0.05) is 6.42 Å². The molecule has 0 radical (unpaired) electrons. The van der Waals surface area contributed by atoms with Crippen molar-refractivity contribution in [2.75, 3.05) is 5.01 Å². The fourth-order valence-corrected chi connectivity index (χ4v) is 3.41. The molecule has 2 N–H and O–H groups in total. The Balaban J connectivity index is 1.95. The van der Waals surface area contributed by atoms with E-state index in [0.29, 0.717) is 18.5 Å². The Labute approximate surface area is 128 Å². The van der Waals surface area contributed by atoms with Gasteiger partial charge in [-0.15, -0.1) is 0 Å². The standard InChI is InChI=1S/C16H18N2O4/c19-13-10-16(7-2-1-3-8-16)15(22)18(17-13)12-6-4-5-11(9-12)14(20)21/h4-6,9H,1-3,7-8,10H2,(H,17,19)(H,20,21). The molecule has 0 bridgehead atoms. The Morgan fingerprint density at radius 1 is 1.18 bits per heavy atom. The fraction of sp³-hybridized carbons (Fsp3) is 0.438. The minimum Gasteiger partial charge on any atom is -0.478 e. The van der Waals surface area contributed by atoms with Crippen LogP contribution < -0.4 is 10.4 Å². The summed E-state index contributed by atoms with van der Waals surface area (Å²) in [5.41, 5.74) is 2.42. The van der Waals surface area contributed by atoms with E-state index in [9.17, 15) is 14.4 Å². The number of carbonyl (C=O) groups excluding carboxylic acids is 2. The van der Waals surface area contributed by atoms with Gasteiger partial charge in [-0.2, -0.15) is 0 Å². The maximum Gasteiger partial charge on any atom is 0.335 e. The average molecular weight is 302 g/mol. The molecular weight excluding hydrogens is 284 g/mol. The first-order valence-corrected chi connectivity index (χ1v) is 7.49. The Kier molecular flexibility index (Phi) is 3.60. The zero-order valence-electron chi connectivity index (χ0n) is 12.2. The van der Waals surface area contributed by atoms with E-state index in [1.54, 1.807) is 12.1 Å². The van der Waals surface area contributed by atoms with Crippen LogP contribution in [-0.2, 0) is 9.59 Å². The molecule has 1 aliphatic heterocycles. The van der Waals surface area contributed by atoms with E-state index in [0.717, 1.165) is 19.3 Å². The van der Waals surface area contributed by atoms with Gasteiger partial charge in [0.25, 0.3) is 5.91 Å². The number of benzene rings is 1. The van der Waals surface area contributed by atoms with E-state index >= 15 is 0 Å². The van der Waals surface area contributed by atoms with E-state index in [2.05, 4.69) is 5.43 Å². The summed E-state index contributed by atoms with van der Waals surface area (Å²) in [6.45, 7) is 0. The zero-order valence-corrected chi connectivity index (χ0v) is 12.2. The normalized spacial score (nSPS) is 20.8. The third-order valence-electron chi connectivity index (χ3n) is 4.55. The lowest BCUT2D eigenvalue weighted by molar-refractivity contribution is -0.142. The molecule has 2 aliphatic rings. The number of nitrogens with one attached hydrogen (secondary N) is 1. The molecule has 0 atom stereocenters. The van der Waals surface area contributed by atoms with Crippen molar-refractivity contribution in [3.63, 3.8) is 0 Å². The quantitative estimate of drug-likeness (QED) is 0.876. The van der Waals surface area contributed by atoms with Gasteiger partial charge in [-0.05, 0) is 31.0 Å². The number of hydrazine groups is 1. The van der Waals surface area contributed by atoms with E-state index in [4.69, 9.17) is 5.11 Å². The van der Waals surface area contributed by atoms with E-state index in [-0.39, 0.29) is 23.8 Å². The topological polar surface area (TPSA) is 86.7 Å². The van der Waals surface area contributed by atoms with Gasteiger partial charge >= 0.3 is 5.97 Å². The molecule has 1 aromatic carbocycles. The largest absolute Gasteiger partial charge is 0.478 e. The van der Waals surface area contributed by atoms with Gasteiger partial charge in [-0.1, -0.05) is 25.3 Å². The molecule has 2 amide bonds. The highest BCUT2D eigenvalue weighted by Crippen LogP contribution is 2.43. The summed E-state index contributed by atoms with van der Waals surface area (Å²) in [4.78, 5) is 36.0. The number of nitrogens with zero attached hydrogens (tertiary/aromatic N) is 1. The maximum absolute atomic E-state index is 12.9. The fourth-order valence-electron chi connectivity index (χ4n) is 3.41. The minimum atomic E-state index is -1.06. The number of hydrogen-bond donors (Lipinski definition) is 2. The van der Waals surface area contributed by atoms with Crippen molar-refractivity contribution in [1.82, 2.24) is 5.43 Å². The molecule has 116 valence electrons. The van der Waals surface area contributed by atoms with Gasteiger partial charge in [0.05, 0.1) is 16.7 Å². The summed E-state index contributed by atoms with van der Waals surface area (Å²) in [6.07, 6.45) is 4.64. The number of anilines is 1. The summed E-state index contributed by atoms with van der Waals surface area (Å²) >= 11 is 0. The van der Waals surface area contributed by atoms with E-state index in [1.807, 2.05) is 0 Å². The van der Waals surface area contributed by atoms with Gasteiger partial charge < -0.3 is 5.11 Å². The molecule has 1 aromatic rings. The summed E-state index contributed by atoms with van der Waals surface area (Å²) in [5, 5.41) is 10.3. The van der Waals surface area contributed by atoms with Crippen LogP contribution >= 0.6 is 0 Å². The molecule has 0 aromatic heterocycles. The zero-order chi connectivity index (χ0) is 15.7. The number of rotatable bonds is 2. The number of hydrogen-bond acceptors (Lipinski definition) is 3. The molecule has 0 unspecified atom stereocenters. The van der Waals surface area contributed by atoms with Crippen LogP contribution in [0.5, 0.6) is 0 Å². The van der Waals surface area contributed by atoms with Crippen molar-refractivity contribution < 1.29 is 19.5 Å². The van der Waals surface area contributed by atoms with Gasteiger partial charge in [0.2, 0.25) is 5.91 Å². The van der Waals surface area contributed by atoms with Crippen LogP contribution in [0.15, 0.2) is 24.3 Å². The summed E-state index contributed by atoms with van der Waals surface area (Å²) in [6, 6.07) is 6.06. The number of amides is 2. The summed E-state index contributed by atoms with van der Waals surface area (Å²) in [5.74, 6) is -1.39. The van der Waals surface area contributed by atoms with Crippen molar-refractivity contribution in [2.45, 2.75) is 38.5 Å². The van der Waals surface area contributed by atoms with E-state index < -0.39 is 11.4 Å². The molecule has 3 rings (SSSR count). The number of carbonyl (C=O) groups is 3. The van der Waals surface area contributed by atoms with Crippen LogP contribution in [0.4, 0.5) is 5.69 Å².